The van der Waals surface area contributed by atoms with Gasteiger partial charge in [0.05, 0.1) is 12.3 Å². The van der Waals surface area contributed by atoms with Crippen LogP contribution in [-0.2, 0) is 15.9 Å². The molecule has 0 bridgehead atoms. The lowest BCUT2D eigenvalue weighted by molar-refractivity contribution is 0.0578. The fraction of sp³-hybridized carbons (Fsp3) is 0.556. The zero-order chi connectivity index (χ0) is 18.4. The zero-order valence-corrected chi connectivity index (χ0v) is 15.3. The summed E-state index contributed by atoms with van der Waals surface area (Å²) in [5.41, 5.74) is 2.02. The van der Waals surface area contributed by atoms with Crippen molar-refractivity contribution in [2.75, 3.05) is 37.0 Å². The van der Waals surface area contributed by atoms with Crippen LogP contribution in [0.25, 0.3) is 0 Å². The van der Waals surface area contributed by atoms with E-state index in [1.807, 2.05) is 32.9 Å². The van der Waals surface area contributed by atoms with E-state index in [0.29, 0.717) is 25.4 Å². The number of hydrogen-bond donors (Lipinski definition) is 2. The SMILES string of the molecule is COCCNC(=O)Nc1ccc2c(c1)CCCN2C(=O)OC(C)(C)C. The summed E-state index contributed by atoms with van der Waals surface area (Å²) in [4.78, 5) is 25.9. The summed E-state index contributed by atoms with van der Waals surface area (Å²) in [6, 6.07) is 5.26. The highest BCUT2D eigenvalue weighted by molar-refractivity contribution is 5.92. The molecule has 7 heteroatoms. The first-order valence-electron chi connectivity index (χ1n) is 8.47. The first-order chi connectivity index (χ1) is 11.8. The number of rotatable bonds is 4. The van der Waals surface area contributed by atoms with E-state index in [1.165, 1.54) is 0 Å². The fourth-order valence-electron chi connectivity index (χ4n) is 2.62. The number of benzene rings is 1. The molecule has 0 aromatic heterocycles. The highest BCUT2D eigenvalue weighted by atomic mass is 16.6. The third kappa shape index (κ3) is 5.63. The lowest BCUT2D eigenvalue weighted by Crippen LogP contribution is -2.39. The maximum Gasteiger partial charge on any atom is 0.414 e. The molecule has 3 amide bonds. The molecule has 1 aliphatic heterocycles. The summed E-state index contributed by atoms with van der Waals surface area (Å²) in [6.45, 7) is 7.09. The van der Waals surface area contributed by atoms with E-state index in [2.05, 4.69) is 10.6 Å². The zero-order valence-electron chi connectivity index (χ0n) is 15.3. The lowest BCUT2D eigenvalue weighted by atomic mass is 10.0. The molecule has 0 unspecified atom stereocenters. The predicted molar refractivity (Wildman–Crippen MR) is 97.2 cm³/mol. The molecule has 1 aromatic carbocycles. The number of hydrogen-bond acceptors (Lipinski definition) is 4. The standard InChI is InChI=1S/C18H27N3O4/c1-18(2,3)25-17(23)21-10-5-6-13-12-14(7-8-15(13)21)20-16(22)19-9-11-24-4/h7-8,12H,5-6,9-11H2,1-4H3,(H2,19,20,22). The van der Waals surface area contributed by atoms with Gasteiger partial charge in [0.15, 0.2) is 0 Å². The van der Waals surface area contributed by atoms with Gasteiger partial charge in [-0.15, -0.1) is 0 Å². The second-order valence-electron chi connectivity index (χ2n) is 6.95. The molecule has 7 nitrogen and oxygen atoms in total. The maximum absolute atomic E-state index is 12.4. The molecule has 25 heavy (non-hydrogen) atoms. The van der Waals surface area contributed by atoms with E-state index in [1.54, 1.807) is 18.1 Å². The van der Waals surface area contributed by atoms with Crippen molar-refractivity contribution >= 4 is 23.5 Å². The minimum absolute atomic E-state index is 0.281. The molecular weight excluding hydrogens is 322 g/mol. The van der Waals surface area contributed by atoms with E-state index in [9.17, 15) is 9.59 Å². The number of aryl methyl sites for hydroxylation is 1. The summed E-state index contributed by atoms with van der Waals surface area (Å²) in [5.74, 6) is 0. The average Bonchev–Trinajstić information content (AvgIpc) is 2.52. The molecule has 2 N–H and O–H groups in total. The predicted octanol–water partition coefficient (Wildman–Crippen LogP) is 3.14. The van der Waals surface area contributed by atoms with Gasteiger partial charge in [0, 0.05) is 25.9 Å². The Morgan fingerprint density at radius 3 is 2.72 bits per heavy atom. The second kappa shape index (κ2) is 8.20. The van der Waals surface area contributed by atoms with Crippen molar-refractivity contribution in [2.45, 2.75) is 39.2 Å². The maximum atomic E-state index is 12.4. The van der Waals surface area contributed by atoms with E-state index >= 15 is 0 Å². The smallest absolute Gasteiger partial charge is 0.414 e. The second-order valence-corrected chi connectivity index (χ2v) is 6.95. The van der Waals surface area contributed by atoms with Crippen LogP contribution in [0.3, 0.4) is 0 Å². The number of carbonyl (C=O) groups excluding carboxylic acids is 2. The molecule has 0 aliphatic carbocycles. The van der Waals surface area contributed by atoms with E-state index in [-0.39, 0.29) is 12.1 Å². The number of nitrogens with zero attached hydrogens (tertiary/aromatic N) is 1. The van der Waals surface area contributed by atoms with Gasteiger partial charge in [-0.3, -0.25) is 4.90 Å². The molecule has 0 saturated heterocycles. The van der Waals surface area contributed by atoms with E-state index < -0.39 is 5.60 Å². The van der Waals surface area contributed by atoms with E-state index in [0.717, 1.165) is 24.1 Å². The van der Waals surface area contributed by atoms with Gasteiger partial charge in [-0.2, -0.15) is 0 Å². The van der Waals surface area contributed by atoms with Crippen LogP contribution in [0.15, 0.2) is 18.2 Å². The molecule has 2 rings (SSSR count). The van der Waals surface area contributed by atoms with Gasteiger partial charge < -0.3 is 20.1 Å². The van der Waals surface area contributed by atoms with Crippen molar-refractivity contribution in [3.63, 3.8) is 0 Å². The minimum atomic E-state index is -0.531. The van der Waals surface area contributed by atoms with Gasteiger partial charge in [0.1, 0.15) is 5.60 Å². The number of urea groups is 1. The van der Waals surface area contributed by atoms with Crippen LogP contribution in [0.5, 0.6) is 0 Å². The average molecular weight is 349 g/mol. The highest BCUT2D eigenvalue weighted by Gasteiger charge is 2.27. The number of ether oxygens (including phenoxy) is 2. The van der Waals surface area contributed by atoms with Crippen LogP contribution in [0.4, 0.5) is 21.0 Å². The number of amides is 3. The summed E-state index contributed by atoms with van der Waals surface area (Å²) >= 11 is 0. The molecule has 1 aromatic rings. The lowest BCUT2D eigenvalue weighted by Gasteiger charge is -2.32. The topological polar surface area (TPSA) is 79.9 Å². The van der Waals surface area contributed by atoms with Crippen LogP contribution >= 0.6 is 0 Å². The highest BCUT2D eigenvalue weighted by Crippen LogP contribution is 2.30. The Balaban J connectivity index is 2.06. The molecular formula is C18H27N3O4. The Morgan fingerprint density at radius 2 is 2.04 bits per heavy atom. The van der Waals surface area contributed by atoms with Gasteiger partial charge >= 0.3 is 12.1 Å². The Labute approximate surface area is 148 Å². The van der Waals surface area contributed by atoms with Crippen LogP contribution in [0.2, 0.25) is 0 Å². The quantitative estimate of drug-likeness (QED) is 0.819. The fourth-order valence-corrected chi connectivity index (χ4v) is 2.62. The number of fused-ring (bicyclic) bond motifs is 1. The normalized spacial score (nSPS) is 13.8. The Morgan fingerprint density at radius 1 is 1.28 bits per heavy atom. The van der Waals surface area contributed by atoms with Crippen molar-refractivity contribution in [2.24, 2.45) is 0 Å². The van der Waals surface area contributed by atoms with Crippen molar-refractivity contribution < 1.29 is 19.1 Å². The Hall–Kier alpha value is -2.28. The van der Waals surface area contributed by atoms with Gasteiger partial charge in [-0.25, -0.2) is 9.59 Å². The number of nitrogens with one attached hydrogen (secondary N) is 2. The van der Waals surface area contributed by atoms with Gasteiger partial charge in [-0.1, -0.05) is 0 Å². The summed E-state index contributed by atoms with van der Waals surface area (Å²) < 4.78 is 10.4. The third-order valence-corrected chi connectivity index (χ3v) is 3.66. The van der Waals surface area contributed by atoms with Crippen LogP contribution < -0.4 is 15.5 Å². The summed E-state index contributed by atoms with van der Waals surface area (Å²) in [7, 11) is 1.58. The molecule has 0 fully saturated rings. The van der Waals surface area contributed by atoms with Crippen molar-refractivity contribution in [1.82, 2.24) is 5.32 Å². The Kier molecular flexibility index (Phi) is 6.25. The molecule has 0 saturated carbocycles. The summed E-state index contributed by atoms with van der Waals surface area (Å²) in [5, 5.41) is 5.50. The van der Waals surface area contributed by atoms with E-state index in [4.69, 9.17) is 9.47 Å². The Bertz CT molecular complexity index is 625. The number of methoxy groups -OCH3 is 1. The molecule has 1 heterocycles. The monoisotopic (exact) mass is 349 g/mol. The third-order valence-electron chi connectivity index (χ3n) is 3.66. The number of carbonyl (C=O) groups is 2. The van der Waals surface area contributed by atoms with Crippen molar-refractivity contribution in [3.05, 3.63) is 23.8 Å². The van der Waals surface area contributed by atoms with Crippen LogP contribution in [0, 0.1) is 0 Å². The molecule has 0 atom stereocenters. The minimum Gasteiger partial charge on any atom is -0.443 e. The van der Waals surface area contributed by atoms with Crippen LogP contribution in [0.1, 0.15) is 32.8 Å². The molecule has 1 aliphatic rings. The number of anilines is 2. The first kappa shape index (κ1) is 19.1. The molecule has 138 valence electrons. The molecule has 0 spiro atoms. The van der Waals surface area contributed by atoms with Gasteiger partial charge in [0.2, 0.25) is 0 Å². The van der Waals surface area contributed by atoms with Crippen molar-refractivity contribution in [1.29, 1.82) is 0 Å². The first-order valence-corrected chi connectivity index (χ1v) is 8.47. The largest absolute Gasteiger partial charge is 0.443 e. The van der Waals surface area contributed by atoms with Crippen LogP contribution in [-0.4, -0.2) is 44.5 Å². The van der Waals surface area contributed by atoms with Crippen molar-refractivity contribution in [3.8, 4) is 0 Å². The summed E-state index contributed by atoms with van der Waals surface area (Å²) in [6.07, 6.45) is 1.37. The van der Waals surface area contributed by atoms with Gasteiger partial charge in [0.25, 0.3) is 0 Å². The van der Waals surface area contributed by atoms with Gasteiger partial charge in [-0.05, 0) is 57.4 Å². The molecule has 0 radical (unpaired) electrons.